The molecule has 2 heterocycles. The maximum absolute atomic E-state index is 12.6. The number of phenols is 1. The van der Waals surface area contributed by atoms with Gasteiger partial charge in [0.1, 0.15) is 11.6 Å². The van der Waals surface area contributed by atoms with Crippen LogP contribution in [0.3, 0.4) is 0 Å². The number of aryl methyl sites for hydroxylation is 1. The molecule has 0 spiro atoms. The number of hydrogen-bond acceptors (Lipinski definition) is 3. The minimum atomic E-state index is 0.268. The highest BCUT2D eigenvalue weighted by Crippen LogP contribution is 2.34. The Morgan fingerprint density at radius 3 is 2.53 bits per heavy atom. The lowest BCUT2D eigenvalue weighted by Crippen LogP contribution is -2.30. The number of amides is 1. The average Bonchev–Trinajstić information content (AvgIpc) is 3.49. The minimum absolute atomic E-state index is 0.268. The molecule has 1 saturated heterocycles. The lowest BCUT2D eigenvalue weighted by Gasteiger charge is -2.18. The standard InChI is InChI=1S/C29H29N3O2/c1-19-5-12-27-26(15-19)30-28(22-8-6-21(7-9-22)24-3-2-4-25(33)16-24)32(27)18-20-13-14-31(17-20)29(34)23-10-11-23/h2-9,12,15-16,20,23,33H,10-11,13-14,17-18H2,1H3. The van der Waals surface area contributed by atoms with Crippen molar-refractivity contribution in [3.63, 3.8) is 0 Å². The molecule has 5 heteroatoms. The fraction of sp³-hybridized carbons (Fsp3) is 0.310. The van der Waals surface area contributed by atoms with E-state index in [2.05, 4.69) is 58.9 Å². The van der Waals surface area contributed by atoms with E-state index in [0.29, 0.717) is 11.8 Å². The zero-order chi connectivity index (χ0) is 23.2. The largest absolute Gasteiger partial charge is 0.508 e. The van der Waals surface area contributed by atoms with Crippen LogP contribution in [0.1, 0.15) is 24.8 Å². The van der Waals surface area contributed by atoms with Crippen molar-refractivity contribution < 1.29 is 9.90 Å². The molecule has 1 unspecified atom stereocenters. The molecular weight excluding hydrogens is 422 g/mol. The molecule has 1 N–H and O–H groups in total. The van der Waals surface area contributed by atoms with E-state index in [1.165, 1.54) is 5.56 Å². The molecule has 2 fully saturated rings. The SMILES string of the molecule is Cc1ccc2c(c1)nc(-c1ccc(-c3cccc(O)c3)cc1)n2CC1CCN(C(=O)C2CC2)C1. The monoisotopic (exact) mass is 451 g/mol. The Hall–Kier alpha value is -3.60. The van der Waals surface area contributed by atoms with Crippen LogP contribution in [-0.4, -0.2) is 38.6 Å². The molecule has 1 aromatic heterocycles. The highest BCUT2D eigenvalue weighted by atomic mass is 16.3. The molecule has 5 nitrogen and oxygen atoms in total. The zero-order valence-corrected chi connectivity index (χ0v) is 19.4. The molecule has 6 rings (SSSR count). The first kappa shape index (κ1) is 21.0. The third kappa shape index (κ3) is 3.96. The van der Waals surface area contributed by atoms with Gasteiger partial charge in [-0.05, 0) is 73.1 Å². The van der Waals surface area contributed by atoms with Gasteiger partial charge in [-0.25, -0.2) is 4.98 Å². The van der Waals surface area contributed by atoms with Crippen LogP contribution < -0.4 is 0 Å². The summed E-state index contributed by atoms with van der Waals surface area (Å²) in [5, 5.41) is 9.83. The number of fused-ring (bicyclic) bond motifs is 1. The molecule has 0 bridgehead atoms. The van der Waals surface area contributed by atoms with Crippen molar-refractivity contribution in [2.75, 3.05) is 13.1 Å². The van der Waals surface area contributed by atoms with Gasteiger partial charge in [-0.1, -0.05) is 42.5 Å². The number of likely N-dealkylation sites (tertiary alicyclic amines) is 1. The van der Waals surface area contributed by atoms with Crippen LogP contribution in [-0.2, 0) is 11.3 Å². The van der Waals surface area contributed by atoms with E-state index >= 15 is 0 Å². The first-order valence-electron chi connectivity index (χ1n) is 12.2. The van der Waals surface area contributed by atoms with Gasteiger partial charge in [0.15, 0.2) is 0 Å². The van der Waals surface area contributed by atoms with Crippen LogP contribution in [0.5, 0.6) is 5.75 Å². The number of rotatable bonds is 5. The highest BCUT2D eigenvalue weighted by Gasteiger charge is 2.36. The van der Waals surface area contributed by atoms with Gasteiger partial charge in [0, 0.05) is 31.1 Å². The zero-order valence-electron chi connectivity index (χ0n) is 19.4. The normalized spacial score (nSPS) is 18.0. The predicted octanol–water partition coefficient (Wildman–Crippen LogP) is 5.64. The average molecular weight is 452 g/mol. The van der Waals surface area contributed by atoms with Gasteiger partial charge in [0.25, 0.3) is 0 Å². The third-order valence-electron chi connectivity index (χ3n) is 7.19. The van der Waals surface area contributed by atoms with E-state index in [0.717, 1.165) is 72.4 Å². The smallest absolute Gasteiger partial charge is 0.225 e. The lowest BCUT2D eigenvalue weighted by molar-refractivity contribution is -0.131. The lowest BCUT2D eigenvalue weighted by atomic mass is 10.0. The highest BCUT2D eigenvalue weighted by molar-refractivity contribution is 5.82. The number of carbonyl (C=O) groups excluding carboxylic acids is 1. The van der Waals surface area contributed by atoms with Crippen molar-refractivity contribution in [3.05, 3.63) is 72.3 Å². The van der Waals surface area contributed by atoms with E-state index in [9.17, 15) is 9.90 Å². The number of imidazole rings is 1. The third-order valence-corrected chi connectivity index (χ3v) is 7.19. The Kier molecular flexibility index (Phi) is 5.13. The fourth-order valence-corrected chi connectivity index (χ4v) is 5.17. The Labute approximate surface area is 199 Å². The number of benzene rings is 3. The molecule has 172 valence electrons. The molecule has 34 heavy (non-hydrogen) atoms. The van der Waals surface area contributed by atoms with Crippen molar-refractivity contribution in [1.82, 2.24) is 14.5 Å². The van der Waals surface area contributed by atoms with Crippen molar-refractivity contribution in [2.45, 2.75) is 32.7 Å². The van der Waals surface area contributed by atoms with Crippen LogP contribution in [0.15, 0.2) is 66.7 Å². The second kappa shape index (κ2) is 8.32. The number of nitrogens with zero attached hydrogens (tertiary/aromatic N) is 3. The van der Waals surface area contributed by atoms with E-state index < -0.39 is 0 Å². The Morgan fingerprint density at radius 1 is 0.971 bits per heavy atom. The number of aromatic nitrogens is 2. The Bertz CT molecular complexity index is 1370. The molecule has 2 aliphatic rings. The molecule has 1 aliphatic heterocycles. The summed E-state index contributed by atoms with van der Waals surface area (Å²) in [6, 6.07) is 22.2. The van der Waals surface area contributed by atoms with Gasteiger partial charge in [-0.15, -0.1) is 0 Å². The molecule has 1 amide bonds. The second-order valence-corrected chi connectivity index (χ2v) is 9.88. The van der Waals surface area contributed by atoms with E-state index in [1.807, 2.05) is 12.1 Å². The Morgan fingerprint density at radius 2 is 1.76 bits per heavy atom. The van der Waals surface area contributed by atoms with Gasteiger partial charge in [0.2, 0.25) is 5.91 Å². The molecule has 4 aromatic rings. The van der Waals surface area contributed by atoms with Crippen molar-refractivity contribution >= 4 is 16.9 Å². The van der Waals surface area contributed by atoms with Gasteiger partial charge in [-0.3, -0.25) is 4.79 Å². The minimum Gasteiger partial charge on any atom is -0.508 e. The van der Waals surface area contributed by atoms with E-state index in [1.54, 1.807) is 12.1 Å². The molecule has 1 atom stereocenters. The van der Waals surface area contributed by atoms with Crippen LogP contribution in [0.4, 0.5) is 0 Å². The van der Waals surface area contributed by atoms with Crippen molar-refractivity contribution in [1.29, 1.82) is 0 Å². The first-order chi connectivity index (χ1) is 16.5. The Balaban J connectivity index is 1.32. The summed E-state index contributed by atoms with van der Waals surface area (Å²) in [5.41, 5.74) is 6.47. The summed E-state index contributed by atoms with van der Waals surface area (Å²) in [6.07, 6.45) is 3.17. The fourth-order valence-electron chi connectivity index (χ4n) is 5.17. The van der Waals surface area contributed by atoms with Crippen molar-refractivity contribution in [2.24, 2.45) is 11.8 Å². The summed E-state index contributed by atoms with van der Waals surface area (Å²) in [4.78, 5) is 19.7. The number of aromatic hydroxyl groups is 1. The molecule has 1 aliphatic carbocycles. The predicted molar refractivity (Wildman–Crippen MR) is 134 cm³/mol. The van der Waals surface area contributed by atoms with Crippen LogP contribution in [0, 0.1) is 18.8 Å². The summed E-state index contributed by atoms with van der Waals surface area (Å²) in [5.74, 6) is 2.32. The van der Waals surface area contributed by atoms with Crippen LogP contribution >= 0.6 is 0 Å². The second-order valence-electron chi connectivity index (χ2n) is 9.88. The van der Waals surface area contributed by atoms with Crippen LogP contribution in [0.2, 0.25) is 0 Å². The topological polar surface area (TPSA) is 58.4 Å². The van der Waals surface area contributed by atoms with Gasteiger partial charge >= 0.3 is 0 Å². The maximum Gasteiger partial charge on any atom is 0.225 e. The number of hydrogen-bond donors (Lipinski definition) is 1. The first-order valence-corrected chi connectivity index (χ1v) is 12.2. The molecule has 3 aromatic carbocycles. The molecule has 0 radical (unpaired) electrons. The molecule has 1 saturated carbocycles. The van der Waals surface area contributed by atoms with Gasteiger partial charge in [0.05, 0.1) is 11.0 Å². The van der Waals surface area contributed by atoms with E-state index in [4.69, 9.17) is 4.98 Å². The van der Waals surface area contributed by atoms with E-state index in [-0.39, 0.29) is 11.7 Å². The number of carbonyl (C=O) groups is 1. The van der Waals surface area contributed by atoms with Crippen LogP contribution in [0.25, 0.3) is 33.5 Å². The quantitative estimate of drug-likeness (QED) is 0.427. The maximum atomic E-state index is 12.6. The summed E-state index contributed by atoms with van der Waals surface area (Å²) < 4.78 is 2.34. The number of phenolic OH excluding ortho intramolecular Hbond substituents is 1. The molecular formula is C29H29N3O2. The summed E-state index contributed by atoms with van der Waals surface area (Å²) in [6.45, 7) is 4.68. The summed E-state index contributed by atoms with van der Waals surface area (Å²) in [7, 11) is 0. The van der Waals surface area contributed by atoms with Crippen molar-refractivity contribution in [3.8, 4) is 28.3 Å². The van der Waals surface area contributed by atoms with Gasteiger partial charge < -0.3 is 14.6 Å². The summed E-state index contributed by atoms with van der Waals surface area (Å²) >= 11 is 0. The van der Waals surface area contributed by atoms with Gasteiger partial charge in [-0.2, -0.15) is 0 Å².